The van der Waals surface area contributed by atoms with Gasteiger partial charge in [-0.25, -0.2) is 4.79 Å². The molecule has 0 atom stereocenters. The Kier molecular flexibility index (Phi) is 7.17. The van der Waals surface area contributed by atoms with E-state index in [1.807, 2.05) is 57.2 Å². The van der Waals surface area contributed by atoms with Crippen molar-refractivity contribution >= 4 is 12.0 Å². The van der Waals surface area contributed by atoms with Crippen LogP contribution in [0.5, 0.6) is 0 Å². The molecule has 0 aromatic heterocycles. The van der Waals surface area contributed by atoms with E-state index in [1.54, 1.807) is 0 Å². The molecular formula is C18H26O3. The monoisotopic (exact) mass is 290 g/mol. The zero-order valence-electron chi connectivity index (χ0n) is 13.5. The van der Waals surface area contributed by atoms with Gasteiger partial charge in [-0.15, -0.1) is 0 Å². The fourth-order valence-electron chi connectivity index (χ4n) is 1.68. The van der Waals surface area contributed by atoms with Gasteiger partial charge in [0, 0.05) is 6.61 Å². The van der Waals surface area contributed by atoms with Crippen molar-refractivity contribution in [1.82, 2.24) is 0 Å². The molecule has 0 heterocycles. The number of esters is 1. The van der Waals surface area contributed by atoms with Crippen molar-refractivity contribution in [1.29, 1.82) is 0 Å². The molecule has 0 amide bonds. The van der Waals surface area contributed by atoms with Crippen LogP contribution in [0, 0.1) is 0 Å². The Labute approximate surface area is 128 Å². The highest BCUT2D eigenvalue weighted by Gasteiger charge is 2.20. The molecule has 0 aliphatic carbocycles. The first kappa shape index (κ1) is 17.4. The Morgan fingerprint density at radius 2 is 1.86 bits per heavy atom. The van der Waals surface area contributed by atoms with E-state index >= 15 is 0 Å². The Morgan fingerprint density at radius 3 is 2.43 bits per heavy atom. The second-order valence-corrected chi connectivity index (χ2v) is 5.99. The molecular weight excluding hydrogens is 264 g/mol. The lowest BCUT2D eigenvalue weighted by Crippen LogP contribution is -2.26. The van der Waals surface area contributed by atoms with E-state index in [0.29, 0.717) is 12.2 Å². The van der Waals surface area contributed by atoms with E-state index in [4.69, 9.17) is 9.47 Å². The second kappa shape index (κ2) is 8.63. The van der Waals surface area contributed by atoms with Crippen molar-refractivity contribution in [2.24, 2.45) is 0 Å². The molecule has 0 fully saturated rings. The summed E-state index contributed by atoms with van der Waals surface area (Å²) in [6.45, 7) is 8.64. The number of carbonyl (C=O) groups is 1. The molecule has 1 aromatic rings. The Bertz CT molecular complexity index is 455. The lowest BCUT2D eigenvalue weighted by molar-refractivity contribution is -0.150. The van der Waals surface area contributed by atoms with E-state index in [0.717, 1.165) is 18.4 Å². The van der Waals surface area contributed by atoms with Crippen LogP contribution in [0.2, 0.25) is 0 Å². The van der Waals surface area contributed by atoms with Gasteiger partial charge in [-0.3, -0.25) is 0 Å². The first-order valence-electron chi connectivity index (χ1n) is 7.49. The molecule has 0 radical (unpaired) electrons. The number of ether oxygens (including phenoxy) is 2. The van der Waals surface area contributed by atoms with Gasteiger partial charge in [0.05, 0.1) is 12.2 Å². The van der Waals surface area contributed by atoms with Crippen LogP contribution in [0.1, 0.15) is 46.1 Å². The predicted octanol–water partition coefficient (Wildman–Crippen LogP) is 4.23. The summed E-state index contributed by atoms with van der Waals surface area (Å²) in [4.78, 5) is 12.3. The van der Waals surface area contributed by atoms with Gasteiger partial charge in [-0.05, 0) is 38.8 Å². The van der Waals surface area contributed by atoms with Crippen LogP contribution >= 0.6 is 0 Å². The quantitative estimate of drug-likeness (QED) is 0.428. The van der Waals surface area contributed by atoms with Crippen molar-refractivity contribution in [3.05, 3.63) is 41.5 Å². The van der Waals surface area contributed by atoms with Crippen LogP contribution in [0.3, 0.4) is 0 Å². The summed E-state index contributed by atoms with van der Waals surface area (Å²) in [5.41, 5.74) is 1.01. The van der Waals surface area contributed by atoms with E-state index in [2.05, 4.69) is 6.92 Å². The summed E-state index contributed by atoms with van der Waals surface area (Å²) >= 11 is 0. The van der Waals surface area contributed by atoms with Crippen LogP contribution < -0.4 is 0 Å². The van der Waals surface area contributed by atoms with Gasteiger partial charge in [0.1, 0.15) is 5.60 Å². The third-order valence-corrected chi connectivity index (χ3v) is 2.70. The van der Waals surface area contributed by atoms with Crippen molar-refractivity contribution in [3.8, 4) is 0 Å². The molecule has 3 heteroatoms. The van der Waals surface area contributed by atoms with Crippen LogP contribution in [-0.4, -0.2) is 24.8 Å². The second-order valence-electron chi connectivity index (χ2n) is 5.99. The van der Waals surface area contributed by atoms with Crippen LogP contribution in [0.4, 0.5) is 0 Å². The lowest BCUT2D eigenvalue weighted by Gasteiger charge is -2.20. The topological polar surface area (TPSA) is 35.5 Å². The third kappa shape index (κ3) is 7.66. The number of carbonyl (C=O) groups excluding carboxylic acids is 1. The molecule has 0 N–H and O–H groups in total. The normalized spacial score (nSPS) is 12.3. The molecule has 0 saturated heterocycles. The van der Waals surface area contributed by atoms with Gasteiger partial charge in [-0.2, -0.15) is 0 Å². The van der Waals surface area contributed by atoms with Crippen LogP contribution in [0.25, 0.3) is 6.08 Å². The molecule has 116 valence electrons. The maximum Gasteiger partial charge on any atom is 0.336 e. The van der Waals surface area contributed by atoms with Crippen molar-refractivity contribution in [2.75, 3.05) is 13.2 Å². The molecule has 0 saturated carbocycles. The fourth-order valence-corrected chi connectivity index (χ4v) is 1.68. The Hall–Kier alpha value is -1.61. The molecule has 0 bridgehead atoms. The smallest absolute Gasteiger partial charge is 0.336 e. The molecule has 0 aliphatic rings. The summed E-state index contributed by atoms with van der Waals surface area (Å²) in [6.07, 6.45) is 3.90. The predicted molar refractivity (Wildman–Crippen MR) is 86.0 cm³/mol. The summed E-state index contributed by atoms with van der Waals surface area (Å²) in [6, 6.07) is 9.74. The Morgan fingerprint density at radius 1 is 1.19 bits per heavy atom. The van der Waals surface area contributed by atoms with Gasteiger partial charge in [0.2, 0.25) is 0 Å². The van der Waals surface area contributed by atoms with Crippen molar-refractivity contribution in [3.63, 3.8) is 0 Å². The number of hydrogen-bond donors (Lipinski definition) is 0. The van der Waals surface area contributed by atoms with Crippen LogP contribution in [0.15, 0.2) is 35.9 Å². The minimum Gasteiger partial charge on any atom is -0.457 e. The zero-order chi connectivity index (χ0) is 15.7. The van der Waals surface area contributed by atoms with Crippen LogP contribution in [-0.2, 0) is 14.3 Å². The number of benzene rings is 1. The van der Waals surface area contributed by atoms with E-state index in [9.17, 15) is 4.79 Å². The first-order chi connectivity index (χ1) is 9.92. The van der Waals surface area contributed by atoms with E-state index < -0.39 is 5.60 Å². The molecule has 0 spiro atoms. The average molecular weight is 290 g/mol. The van der Waals surface area contributed by atoms with Gasteiger partial charge in [-0.1, -0.05) is 43.7 Å². The summed E-state index contributed by atoms with van der Waals surface area (Å²) < 4.78 is 11.0. The molecule has 1 aromatic carbocycles. The maximum absolute atomic E-state index is 12.3. The molecule has 3 nitrogen and oxygen atoms in total. The van der Waals surface area contributed by atoms with Gasteiger partial charge >= 0.3 is 5.97 Å². The minimum atomic E-state index is -0.504. The van der Waals surface area contributed by atoms with Gasteiger partial charge < -0.3 is 9.47 Å². The maximum atomic E-state index is 12.3. The zero-order valence-corrected chi connectivity index (χ0v) is 13.5. The van der Waals surface area contributed by atoms with E-state index in [-0.39, 0.29) is 12.6 Å². The summed E-state index contributed by atoms with van der Waals surface area (Å²) in [5, 5.41) is 0. The largest absolute Gasteiger partial charge is 0.457 e. The number of unbranched alkanes of at least 4 members (excludes halogenated alkanes) is 1. The first-order valence-corrected chi connectivity index (χ1v) is 7.49. The fraction of sp³-hybridized carbons (Fsp3) is 0.500. The molecule has 0 unspecified atom stereocenters. The molecule has 0 aliphatic heterocycles. The van der Waals surface area contributed by atoms with Gasteiger partial charge in [0.15, 0.2) is 0 Å². The Balaban J connectivity index is 2.79. The summed E-state index contributed by atoms with van der Waals surface area (Å²) in [7, 11) is 0. The highest BCUT2D eigenvalue weighted by molar-refractivity contribution is 5.94. The number of hydrogen-bond acceptors (Lipinski definition) is 3. The summed E-state index contributed by atoms with van der Waals surface area (Å²) in [5.74, 6) is -0.317. The average Bonchev–Trinajstić information content (AvgIpc) is 2.41. The third-order valence-electron chi connectivity index (χ3n) is 2.70. The van der Waals surface area contributed by atoms with Gasteiger partial charge in [0.25, 0.3) is 0 Å². The SMILES string of the molecule is CCCCOCC(=Cc1ccccc1)C(=O)OC(C)(C)C. The van der Waals surface area contributed by atoms with Crippen molar-refractivity contribution < 1.29 is 14.3 Å². The van der Waals surface area contributed by atoms with Crippen molar-refractivity contribution in [2.45, 2.75) is 46.1 Å². The molecule has 21 heavy (non-hydrogen) atoms. The minimum absolute atomic E-state index is 0.282. The highest BCUT2D eigenvalue weighted by Crippen LogP contribution is 2.14. The lowest BCUT2D eigenvalue weighted by atomic mass is 10.1. The highest BCUT2D eigenvalue weighted by atomic mass is 16.6. The number of rotatable bonds is 7. The van der Waals surface area contributed by atoms with E-state index in [1.165, 1.54) is 0 Å². The standard InChI is InChI=1S/C18H26O3/c1-5-6-12-20-14-16(17(19)21-18(2,3)4)13-15-10-8-7-9-11-15/h7-11,13H,5-6,12,14H2,1-4H3. The molecule has 1 rings (SSSR count).